The molecule has 8 saturated heterocycles. The Labute approximate surface area is 658 Å². The van der Waals surface area contributed by atoms with Gasteiger partial charge in [-0.2, -0.15) is 0 Å². The average Bonchev–Trinajstić information content (AvgIpc) is 0.758. The van der Waals surface area contributed by atoms with E-state index >= 15 is 0 Å². The summed E-state index contributed by atoms with van der Waals surface area (Å²) in [6, 6.07) is -7.62. The fourth-order valence-corrected chi connectivity index (χ4v) is 14.7. The molecule has 45 atom stereocenters. The van der Waals surface area contributed by atoms with E-state index in [-0.39, 0.29) is 0 Å². The third kappa shape index (κ3) is 21.8. The topological polar surface area (TPSA) is 807 Å². The van der Waals surface area contributed by atoms with Gasteiger partial charge in [0.2, 0.25) is 23.6 Å². The number of aliphatic hydroxyl groups excluding tert-OH is 25. The number of nitrogens with one attached hydrogen (secondary N) is 4. The lowest BCUT2D eigenvalue weighted by molar-refractivity contribution is -0.391. The second-order valence-electron chi connectivity index (χ2n) is 29.3. The summed E-state index contributed by atoms with van der Waals surface area (Å²) >= 11 is 0. The normalized spacial score (nSPS) is 45.3. The van der Waals surface area contributed by atoms with Crippen LogP contribution in [0.5, 0.6) is 0 Å². The third-order valence-corrected chi connectivity index (χ3v) is 20.9. The fourth-order valence-electron chi connectivity index (χ4n) is 14.7. The summed E-state index contributed by atoms with van der Waals surface area (Å²) in [6.45, 7) is -3.40. The lowest BCUT2D eigenvalue weighted by Gasteiger charge is -2.51. The van der Waals surface area contributed by atoms with Gasteiger partial charge in [0.05, 0.1) is 83.3 Å². The first kappa shape index (κ1) is 97.2. The van der Waals surface area contributed by atoms with Gasteiger partial charge in [-0.1, -0.05) is 0 Å². The van der Waals surface area contributed by atoms with E-state index in [1.54, 1.807) is 0 Å². The molecule has 51 heteroatoms. The summed E-state index contributed by atoms with van der Waals surface area (Å²) < 4.78 is 94.2. The molecule has 8 fully saturated rings. The zero-order valence-corrected chi connectivity index (χ0v) is 63.0. The molecule has 0 unspecified atom stereocenters. The van der Waals surface area contributed by atoms with Crippen molar-refractivity contribution in [3.05, 3.63) is 0 Å². The number of hydrogen-bond donors (Lipinski definition) is 30. The van der Waals surface area contributed by atoms with Gasteiger partial charge in [0.15, 0.2) is 44.0 Å². The number of carboxylic acids is 1. The lowest BCUT2D eigenvalue weighted by Crippen LogP contribution is -2.71. The van der Waals surface area contributed by atoms with Gasteiger partial charge in [0, 0.05) is 34.1 Å². The molecular weight excluding hydrogens is 1590 g/mol. The van der Waals surface area contributed by atoms with Crippen LogP contribution >= 0.6 is 0 Å². The van der Waals surface area contributed by atoms with Gasteiger partial charge in [-0.25, -0.2) is 4.79 Å². The van der Waals surface area contributed by atoms with Crippen LogP contribution in [-0.4, -0.2) is 491 Å². The predicted octanol–water partition coefficient (Wildman–Crippen LogP) is -19.2. The predicted molar refractivity (Wildman–Crippen MR) is 360 cm³/mol. The minimum atomic E-state index is -3.32. The summed E-state index contributed by atoms with van der Waals surface area (Å²) in [5.41, 5.74) is 0. The standard InChI is InChI=1S/C65H110N4O47/c1-16-34(84)42(92)45(95)59(102-16)112-53-33(69-21(6)80)57(107-30(14-76)51(53)111-62-48(98)55(40(90)28(12-74)105-62)116-65(64(99)100)7-23(81)31(67-19(4)78)52(115-65)36(86)24(82)9-71)101-15-25(83)37(87)49(22(8-70)66-18(3)77)109-61-47(97)54(39(89)27(11-73)104-61)113-58-32(68-20(5)79)41(91)50(29(13-75)108-58)110-63-56(44(94)38(88)26(10-72)106-63)114-60-46(96)43(93)35(85)17(2)103-60/h16-17,22-63,70-76,81-98H,7-15H2,1-6H3,(H,66,77)(H,67,78)(H,68,79)(H,69,80)(H,99,100)/t16-,17-,22-,23-,24+,25+,26+,27+,28+,29+,30+,31+,32+,33+,34+,35+,36+,37-,38-,39-,40-,41+,42+,43+,44-,45-,46-,47+,48+,49+,50+,51+,52+,53+,54-,55-,56+,57+,58-,59-,60-,61-,62-,63-,65-/m0/s1. The quantitative estimate of drug-likeness (QED) is 0.0284. The average molecular weight is 1700 g/mol. The second-order valence-corrected chi connectivity index (χ2v) is 29.3. The number of aliphatic hydroxyl groups is 25. The molecule has 0 aromatic rings. The maximum atomic E-state index is 13.4. The molecule has 0 aromatic heterocycles. The second kappa shape index (κ2) is 42.2. The number of carboxylic acid groups (broad SMARTS) is 1. The van der Waals surface area contributed by atoms with Crippen molar-refractivity contribution in [2.24, 2.45) is 0 Å². The number of aliphatic carboxylic acids is 1. The Morgan fingerprint density at radius 1 is 0.405 bits per heavy atom. The number of hydrogen-bond acceptors (Lipinski definition) is 46. The van der Waals surface area contributed by atoms with Gasteiger partial charge in [-0.15, -0.1) is 0 Å². The summed E-state index contributed by atoms with van der Waals surface area (Å²) in [6.07, 6.45) is -85.2. The van der Waals surface area contributed by atoms with Gasteiger partial charge in [-0.3, -0.25) is 19.2 Å². The van der Waals surface area contributed by atoms with Crippen molar-refractivity contribution < 1.29 is 233 Å². The zero-order chi connectivity index (χ0) is 86.3. The molecule has 0 aliphatic carbocycles. The van der Waals surface area contributed by atoms with Gasteiger partial charge >= 0.3 is 5.97 Å². The summed E-state index contributed by atoms with van der Waals surface area (Å²) in [5, 5.41) is 297. The van der Waals surface area contributed by atoms with E-state index in [2.05, 4.69) is 21.3 Å². The molecule has 0 spiro atoms. The summed E-state index contributed by atoms with van der Waals surface area (Å²) in [4.78, 5) is 64.7. The van der Waals surface area contributed by atoms with Crippen LogP contribution in [-0.2, 0) is 99.8 Å². The molecule has 0 radical (unpaired) electrons. The number of carbonyl (C=O) groups excluding carboxylic acids is 4. The highest BCUT2D eigenvalue weighted by atomic mass is 16.8. The van der Waals surface area contributed by atoms with E-state index in [1.165, 1.54) is 13.8 Å². The number of rotatable bonds is 34. The Kier molecular flexibility index (Phi) is 35.3. The van der Waals surface area contributed by atoms with Crippen LogP contribution in [0.2, 0.25) is 0 Å². The van der Waals surface area contributed by atoms with Gasteiger partial charge in [0.25, 0.3) is 5.79 Å². The first-order valence-electron chi connectivity index (χ1n) is 36.9. The molecule has 8 aliphatic rings. The highest BCUT2D eigenvalue weighted by Crippen LogP contribution is 2.42. The minimum Gasteiger partial charge on any atom is -0.477 e. The van der Waals surface area contributed by atoms with E-state index in [4.69, 9.17) is 75.8 Å². The minimum absolute atomic E-state index is 0.881. The molecular formula is C65H110N4O47. The molecule has 30 N–H and O–H groups in total. The first-order valence-corrected chi connectivity index (χ1v) is 36.9. The van der Waals surface area contributed by atoms with Crippen LogP contribution < -0.4 is 21.3 Å². The Morgan fingerprint density at radius 3 is 1.36 bits per heavy atom. The maximum absolute atomic E-state index is 13.4. The first-order chi connectivity index (χ1) is 54.6. The molecule has 0 aromatic carbocycles. The highest BCUT2D eigenvalue weighted by molar-refractivity contribution is 5.77. The van der Waals surface area contributed by atoms with Crippen LogP contribution in [0, 0.1) is 0 Å². The maximum Gasteiger partial charge on any atom is 0.364 e. The van der Waals surface area contributed by atoms with Gasteiger partial charge < -0.3 is 230 Å². The van der Waals surface area contributed by atoms with Crippen molar-refractivity contribution >= 4 is 29.6 Å². The smallest absolute Gasteiger partial charge is 0.364 e. The van der Waals surface area contributed by atoms with Crippen molar-refractivity contribution in [3.8, 4) is 0 Å². The van der Waals surface area contributed by atoms with Crippen molar-refractivity contribution in [3.63, 3.8) is 0 Å². The Hall–Kier alpha value is -4.29. The summed E-state index contributed by atoms with van der Waals surface area (Å²) in [7, 11) is 0. The van der Waals surface area contributed by atoms with E-state index < -0.39 is 364 Å². The zero-order valence-electron chi connectivity index (χ0n) is 63.0. The molecule has 8 heterocycles. The van der Waals surface area contributed by atoms with E-state index in [0.29, 0.717) is 0 Å². The van der Waals surface area contributed by atoms with Crippen molar-refractivity contribution in [1.29, 1.82) is 0 Å². The lowest BCUT2D eigenvalue weighted by atomic mass is 9.88. The monoisotopic (exact) mass is 1700 g/mol. The van der Waals surface area contributed by atoms with E-state index in [9.17, 15) is 157 Å². The Bertz CT molecular complexity index is 3120. The molecule has 672 valence electrons. The van der Waals surface area contributed by atoms with E-state index in [1.807, 2.05) is 0 Å². The molecule has 0 saturated carbocycles. The Morgan fingerprint density at radius 2 is 0.845 bits per heavy atom. The number of ether oxygens (including phenoxy) is 16. The van der Waals surface area contributed by atoms with Crippen LogP contribution in [0.1, 0.15) is 48.0 Å². The number of carbonyl (C=O) groups is 5. The Balaban J connectivity index is 1.06. The van der Waals surface area contributed by atoms with Crippen LogP contribution in [0.4, 0.5) is 0 Å². The molecule has 116 heavy (non-hydrogen) atoms. The SMILES string of the molecule is CC(=O)N[C@H]1[C@H](O[C@H]2[C@@H](O)[C@@H](CO)O[C@@H](O[C@@H]([C@@H](O)[C@H](O)CO[C@@H]3O[C@H](CO)[C@@H](O[C@@H]4O[C@H](CO)[C@H](O)[C@H](O[C@]5(C(=O)O)C[C@H](O)[C@@H](NC(C)=O)[C@H]([C@H](O)[C@H](O)CO)O5)[C@H]4O)[C@H](O[C@@H]4O[C@@H](C)[C@@H](O)[C@@H](O)[C@@H]4O)[C@H]3NC(C)=O)[C@H](CO)NC(C)=O)[C@@H]2O)O[C@H](CO)[C@@H](O[C@@H]2O[C@H](CO)[C@H](O)[C@H](O)[C@H]2O[C@@H]2O[C@@H](C)[C@@H](O)[C@@H](O)[C@@H]2O)[C@@H]1O. The molecule has 51 nitrogen and oxygen atoms in total. The van der Waals surface area contributed by atoms with Crippen molar-refractivity contribution in [2.45, 2.75) is 323 Å². The van der Waals surface area contributed by atoms with Crippen LogP contribution in [0.15, 0.2) is 0 Å². The van der Waals surface area contributed by atoms with Crippen LogP contribution in [0.3, 0.4) is 0 Å². The largest absolute Gasteiger partial charge is 0.477 e. The van der Waals surface area contributed by atoms with Crippen LogP contribution in [0.25, 0.3) is 0 Å². The molecule has 8 rings (SSSR count). The van der Waals surface area contributed by atoms with Crippen molar-refractivity contribution in [1.82, 2.24) is 21.3 Å². The van der Waals surface area contributed by atoms with Gasteiger partial charge in [0.1, 0.15) is 195 Å². The number of amides is 4. The summed E-state index contributed by atoms with van der Waals surface area (Å²) in [5.74, 6) is -9.30. The third-order valence-electron chi connectivity index (χ3n) is 20.9. The highest BCUT2D eigenvalue weighted by Gasteiger charge is 2.63. The molecule has 4 amide bonds. The fraction of sp³-hybridized carbons (Fsp3) is 0.923. The van der Waals surface area contributed by atoms with Crippen molar-refractivity contribution in [2.75, 3.05) is 52.9 Å². The molecule has 8 aliphatic heterocycles. The van der Waals surface area contributed by atoms with E-state index in [0.717, 1.165) is 27.7 Å². The molecule has 0 bridgehead atoms. The van der Waals surface area contributed by atoms with Gasteiger partial charge in [-0.05, 0) is 13.8 Å².